The van der Waals surface area contributed by atoms with Crippen LogP contribution in [0.3, 0.4) is 0 Å². The third-order valence-electron chi connectivity index (χ3n) is 6.63. The van der Waals surface area contributed by atoms with Crippen LogP contribution in [-0.4, -0.2) is 26.1 Å². The van der Waals surface area contributed by atoms with Gasteiger partial charge in [-0.05, 0) is 50.2 Å². The van der Waals surface area contributed by atoms with Gasteiger partial charge in [0.15, 0.2) is 0 Å². The van der Waals surface area contributed by atoms with E-state index in [2.05, 4.69) is 5.10 Å². The van der Waals surface area contributed by atoms with Crippen molar-refractivity contribution in [1.29, 1.82) is 0 Å². The second kappa shape index (κ2) is 6.95. The molecule has 8 heteroatoms. The number of aromatic hydroxyl groups is 1. The van der Waals surface area contributed by atoms with Gasteiger partial charge in [-0.1, -0.05) is 48.0 Å². The van der Waals surface area contributed by atoms with Gasteiger partial charge in [-0.15, -0.1) is 0 Å². The summed E-state index contributed by atoms with van der Waals surface area (Å²) in [5, 5.41) is 17.0. The van der Waals surface area contributed by atoms with Crippen molar-refractivity contribution < 1.29 is 9.90 Å². The minimum Gasteiger partial charge on any atom is -0.507 e. The average Bonchev–Trinajstić information content (AvgIpc) is 3.40. The van der Waals surface area contributed by atoms with E-state index in [9.17, 15) is 14.7 Å². The van der Waals surface area contributed by atoms with Gasteiger partial charge >= 0.3 is 0 Å². The van der Waals surface area contributed by atoms with Crippen molar-refractivity contribution in [3.63, 3.8) is 0 Å². The zero-order valence-corrected chi connectivity index (χ0v) is 19.1. The summed E-state index contributed by atoms with van der Waals surface area (Å²) in [5.74, 6) is -0.347. The maximum atomic E-state index is 14.2. The Kier molecular flexibility index (Phi) is 4.19. The summed E-state index contributed by atoms with van der Waals surface area (Å²) in [6, 6.07) is 21.1. The van der Waals surface area contributed by atoms with Crippen LogP contribution < -0.4 is 10.6 Å². The van der Waals surface area contributed by atoms with E-state index in [1.807, 2.05) is 54.6 Å². The highest BCUT2D eigenvalue weighted by Crippen LogP contribution is 2.46. The van der Waals surface area contributed by atoms with Crippen LogP contribution in [0, 0.1) is 6.92 Å². The highest BCUT2D eigenvalue weighted by molar-refractivity contribution is 6.31. The number of para-hydroxylation sites is 2. The van der Waals surface area contributed by atoms with Gasteiger partial charge in [-0.25, -0.2) is 4.68 Å². The fraction of sp³-hybridized carbons (Fsp3) is 0.115. The molecule has 0 bridgehead atoms. The maximum absolute atomic E-state index is 14.2. The van der Waals surface area contributed by atoms with Crippen molar-refractivity contribution in [3.05, 3.63) is 99.4 Å². The zero-order chi connectivity index (χ0) is 23.8. The Labute approximate surface area is 199 Å². The van der Waals surface area contributed by atoms with Crippen LogP contribution in [-0.2, 0) is 10.3 Å². The maximum Gasteiger partial charge on any atom is 0.285 e. The number of hydrogen-bond donors (Lipinski definition) is 1. The van der Waals surface area contributed by atoms with Gasteiger partial charge in [0.1, 0.15) is 5.75 Å². The molecular formula is C26H19ClN4O3. The van der Waals surface area contributed by atoms with E-state index in [-0.39, 0.29) is 22.8 Å². The van der Waals surface area contributed by atoms with Gasteiger partial charge in [0, 0.05) is 21.8 Å². The fourth-order valence-electron chi connectivity index (χ4n) is 5.20. The Bertz CT molecular complexity index is 1600. The standard InChI is InChI=1S/C26H19ClN4O3/c1-15-23(19-14-17(27)12-13-22(19)32)24(33)30-21-11-7-6-10-20(21)26(31(15)30)16(2)28-29(25(26)34)18-8-4-3-5-9-18/h3-14,32H,1-2H3. The molecule has 1 amide bonds. The molecule has 0 saturated carbocycles. The van der Waals surface area contributed by atoms with Crippen molar-refractivity contribution in [1.82, 2.24) is 9.36 Å². The molecule has 168 valence electrons. The Balaban J connectivity index is 1.69. The third kappa shape index (κ3) is 2.39. The van der Waals surface area contributed by atoms with Gasteiger partial charge in [0.05, 0.1) is 22.6 Å². The third-order valence-corrected chi connectivity index (χ3v) is 6.86. The minimum atomic E-state index is -1.33. The second-order valence-electron chi connectivity index (χ2n) is 8.42. The first-order valence-electron chi connectivity index (χ1n) is 10.8. The number of phenolic OH excluding ortho intramolecular Hbond substituents is 1. The first kappa shape index (κ1) is 20.5. The highest BCUT2D eigenvalue weighted by atomic mass is 35.5. The summed E-state index contributed by atoms with van der Waals surface area (Å²) in [6.07, 6.45) is 0. The lowest BCUT2D eigenvalue weighted by atomic mass is 9.85. The van der Waals surface area contributed by atoms with E-state index in [0.717, 1.165) is 0 Å². The lowest BCUT2D eigenvalue weighted by molar-refractivity contribution is -0.122. The predicted molar refractivity (Wildman–Crippen MR) is 131 cm³/mol. The number of carbonyl (C=O) groups excluding carboxylic acids is 1. The van der Waals surface area contributed by atoms with Crippen molar-refractivity contribution in [3.8, 4) is 22.6 Å². The predicted octanol–water partition coefficient (Wildman–Crippen LogP) is 4.45. The van der Waals surface area contributed by atoms with Gasteiger partial charge in [-0.2, -0.15) is 10.1 Å². The van der Waals surface area contributed by atoms with Crippen LogP contribution in [0.25, 0.3) is 16.8 Å². The molecule has 2 aliphatic heterocycles. The van der Waals surface area contributed by atoms with E-state index >= 15 is 0 Å². The quantitative estimate of drug-likeness (QED) is 0.470. The molecule has 7 nitrogen and oxygen atoms in total. The Hall–Kier alpha value is -4.10. The van der Waals surface area contributed by atoms with Crippen molar-refractivity contribution in [2.45, 2.75) is 19.4 Å². The molecule has 1 aromatic heterocycles. The smallest absolute Gasteiger partial charge is 0.285 e. The molecule has 2 aliphatic rings. The van der Waals surface area contributed by atoms with Crippen LogP contribution in [0.15, 0.2) is 82.7 Å². The lowest BCUT2D eigenvalue weighted by Gasteiger charge is -2.27. The molecule has 34 heavy (non-hydrogen) atoms. The molecule has 0 radical (unpaired) electrons. The fourth-order valence-corrected chi connectivity index (χ4v) is 5.37. The monoisotopic (exact) mass is 470 g/mol. The van der Waals surface area contributed by atoms with E-state index in [1.54, 1.807) is 30.7 Å². The lowest BCUT2D eigenvalue weighted by Crippen LogP contribution is -2.48. The van der Waals surface area contributed by atoms with Crippen LogP contribution in [0.4, 0.5) is 5.69 Å². The minimum absolute atomic E-state index is 0.0640. The number of anilines is 1. The molecule has 3 aromatic carbocycles. The molecule has 1 spiro atoms. The van der Waals surface area contributed by atoms with E-state index in [4.69, 9.17) is 11.6 Å². The Morgan fingerprint density at radius 3 is 2.41 bits per heavy atom. The van der Waals surface area contributed by atoms with Crippen LogP contribution >= 0.6 is 11.6 Å². The topological polar surface area (TPSA) is 79.8 Å². The van der Waals surface area contributed by atoms with Crippen LogP contribution in [0.1, 0.15) is 18.2 Å². The molecule has 0 saturated heterocycles. The molecule has 0 aliphatic carbocycles. The number of phenols is 1. The summed E-state index contributed by atoms with van der Waals surface area (Å²) in [4.78, 5) is 28.0. The van der Waals surface area contributed by atoms with Crippen molar-refractivity contribution in [2.75, 3.05) is 5.01 Å². The first-order valence-corrected chi connectivity index (χ1v) is 11.1. The van der Waals surface area contributed by atoms with E-state index in [1.165, 1.54) is 15.8 Å². The van der Waals surface area contributed by atoms with Crippen molar-refractivity contribution in [2.24, 2.45) is 5.10 Å². The molecule has 4 aromatic rings. The number of aromatic nitrogens is 2. The van der Waals surface area contributed by atoms with Crippen molar-refractivity contribution >= 4 is 28.9 Å². The summed E-state index contributed by atoms with van der Waals surface area (Å²) in [6.45, 7) is 3.57. The first-order chi connectivity index (χ1) is 16.4. The highest BCUT2D eigenvalue weighted by Gasteiger charge is 2.59. The SMILES string of the molecule is CC1=NN(c2ccccc2)C(=O)C12c1ccccc1-n1c(=O)c(-c3cc(Cl)ccc3O)c(C)n12. The zero-order valence-electron chi connectivity index (χ0n) is 18.4. The number of fused-ring (bicyclic) bond motifs is 5. The summed E-state index contributed by atoms with van der Waals surface area (Å²) < 4.78 is 3.21. The summed E-state index contributed by atoms with van der Waals surface area (Å²) in [7, 11) is 0. The largest absolute Gasteiger partial charge is 0.507 e. The second-order valence-corrected chi connectivity index (χ2v) is 8.85. The molecule has 1 atom stereocenters. The Morgan fingerprint density at radius 2 is 1.65 bits per heavy atom. The molecule has 6 rings (SSSR count). The van der Waals surface area contributed by atoms with Gasteiger partial charge in [-0.3, -0.25) is 14.3 Å². The van der Waals surface area contributed by atoms with Gasteiger partial charge < -0.3 is 5.11 Å². The van der Waals surface area contributed by atoms with Gasteiger partial charge in [0.25, 0.3) is 11.5 Å². The number of hydrazone groups is 1. The molecule has 0 fully saturated rings. The summed E-state index contributed by atoms with van der Waals surface area (Å²) in [5.41, 5.74) is 1.91. The number of rotatable bonds is 2. The van der Waals surface area contributed by atoms with E-state index < -0.39 is 5.54 Å². The number of hydrogen-bond acceptors (Lipinski definition) is 4. The van der Waals surface area contributed by atoms with Gasteiger partial charge in [0.2, 0.25) is 5.54 Å². The number of benzene rings is 3. The molecule has 1 unspecified atom stereocenters. The number of amides is 1. The average molecular weight is 471 g/mol. The Morgan fingerprint density at radius 1 is 0.941 bits per heavy atom. The molecule has 3 heterocycles. The molecule has 1 N–H and O–H groups in total. The number of nitrogens with zero attached hydrogens (tertiary/aromatic N) is 4. The normalized spacial score (nSPS) is 18.4. The molecular weight excluding hydrogens is 452 g/mol. The summed E-state index contributed by atoms with van der Waals surface area (Å²) >= 11 is 6.19. The van der Waals surface area contributed by atoms with Crippen LogP contribution in [0.5, 0.6) is 5.75 Å². The number of halogens is 1. The van der Waals surface area contributed by atoms with Crippen LogP contribution in [0.2, 0.25) is 5.02 Å². The number of carbonyl (C=O) groups is 1. The van der Waals surface area contributed by atoms with E-state index in [0.29, 0.717) is 38.9 Å².